The van der Waals surface area contributed by atoms with E-state index in [0.717, 1.165) is 17.1 Å². The highest BCUT2D eigenvalue weighted by Gasteiger charge is 2.15. The maximum Gasteiger partial charge on any atom is 0.238 e. The van der Waals surface area contributed by atoms with Crippen molar-refractivity contribution < 1.29 is 13.6 Å². The lowest BCUT2D eigenvalue weighted by molar-refractivity contribution is -0.117. The third-order valence-corrected chi connectivity index (χ3v) is 4.00. The van der Waals surface area contributed by atoms with E-state index in [1.165, 1.54) is 0 Å². The van der Waals surface area contributed by atoms with Crippen LogP contribution in [0.25, 0.3) is 0 Å². The Morgan fingerprint density at radius 2 is 1.72 bits per heavy atom. The van der Waals surface area contributed by atoms with Gasteiger partial charge in [0.1, 0.15) is 11.5 Å². The Hall–Kier alpha value is -2.50. The number of halogens is 1. The van der Waals surface area contributed by atoms with E-state index < -0.39 is 0 Å². The number of nitrogens with one attached hydrogen (secondary N) is 1. The van der Waals surface area contributed by atoms with Gasteiger partial charge in [-0.1, -0.05) is 17.7 Å². The van der Waals surface area contributed by atoms with Crippen molar-refractivity contribution in [1.82, 2.24) is 4.90 Å². The van der Waals surface area contributed by atoms with Gasteiger partial charge >= 0.3 is 0 Å². The molecule has 0 radical (unpaired) electrons. The molecule has 2 aromatic heterocycles. The third kappa shape index (κ3) is 4.98. The van der Waals surface area contributed by atoms with E-state index >= 15 is 0 Å². The van der Waals surface area contributed by atoms with Crippen molar-refractivity contribution in [3.8, 4) is 0 Å². The minimum atomic E-state index is -0.122. The summed E-state index contributed by atoms with van der Waals surface area (Å²) in [6.07, 6.45) is 3.24. The van der Waals surface area contributed by atoms with E-state index in [1.807, 2.05) is 42.2 Å². The Balaban J connectivity index is 1.67. The Labute approximate surface area is 151 Å². The number of hydrogen-bond donors (Lipinski definition) is 1. The second-order valence-electron chi connectivity index (χ2n) is 5.81. The van der Waals surface area contributed by atoms with Crippen LogP contribution in [-0.4, -0.2) is 17.4 Å². The summed E-state index contributed by atoms with van der Waals surface area (Å²) < 4.78 is 10.8. The molecule has 0 aliphatic carbocycles. The Morgan fingerprint density at radius 3 is 2.28 bits per heavy atom. The molecule has 1 N–H and O–H groups in total. The van der Waals surface area contributed by atoms with E-state index in [2.05, 4.69) is 5.32 Å². The molecule has 0 bridgehead atoms. The lowest BCUT2D eigenvalue weighted by Gasteiger charge is -2.20. The van der Waals surface area contributed by atoms with Gasteiger partial charge in [0, 0.05) is 10.7 Å². The predicted octanol–water partition coefficient (Wildman–Crippen LogP) is 4.48. The van der Waals surface area contributed by atoms with Crippen molar-refractivity contribution in [2.24, 2.45) is 0 Å². The van der Waals surface area contributed by atoms with Crippen molar-refractivity contribution >= 4 is 23.2 Å². The van der Waals surface area contributed by atoms with Gasteiger partial charge in [0.05, 0.1) is 32.2 Å². The monoisotopic (exact) mass is 358 g/mol. The lowest BCUT2D eigenvalue weighted by Crippen LogP contribution is -2.32. The van der Waals surface area contributed by atoms with Crippen LogP contribution in [0.5, 0.6) is 0 Å². The summed E-state index contributed by atoms with van der Waals surface area (Å²) in [7, 11) is 0. The number of carbonyl (C=O) groups excluding carboxylic acids is 1. The highest BCUT2D eigenvalue weighted by atomic mass is 35.5. The molecule has 130 valence electrons. The number of amides is 1. The van der Waals surface area contributed by atoms with Crippen LogP contribution in [-0.2, 0) is 17.9 Å². The molecule has 3 rings (SSSR count). The van der Waals surface area contributed by atoms with Gasteiger partial charge < -0.3 is 14.2 Å². The van der Waals surface area contributed by atoms with Crippen LogP contribution in [0.4, 0.5) is 5.69 Å². The molecule has 25 heavy (non-hydrogen) atoms. The first-order valence-electron chi connectivity index (χ1n) is 7.93. The summed E-state index contributed by atoms with van der Waals surface area (Å²) in [6, 6.07) is 12.8. The quantitative estimate of drug-likeness (QED) is 0.676. The standard InChI is InChI=1S/C19H19ClN2O3/c1-14-6-7-15(20)10-18(14)21-19(23)13-22(11-16-4-2-8-24-16)12-17-5-3-9-25-17/h2-10H,11-13H2,1H3,(H,21,23). The van der Waals surface area contributed by atoms with Crippen molar-refractivity contribution in [2.45, 2.75) is 20.0 Å². The van der Waals surface area contributed by atoms with Gasteiger partial charge in [-0.2, -0.15) is 0 Å². The molecule has 6 heteroatoms. The third-order valence-electron chi connectivity index (χ3n) is 3.76. The van der Waals surface area contributed by atoms with Crippen LogP contribution in [0.1, 0.15) is 17.1 Å². The SMILES string of the molecule is Cc1ccc(Cl)cc1NC(=O)CN(Cc1ccco1)Cc1ccco1. The van der Waals surface area contributed by atoms with Crippen molar-refractivity contribution in [2.75, 3.05) is 11.9 Å². The molecule has 0 unspecified atom stereocenters. The predicted molar refractivity (Wildman–Crippen MR) is 96.3 cm³/mol. The van der Waals surface area contributed by atoms with E-state index in [1.54, 1.807) is 24.7 Å². The molecule has 1 aromatic carbocycles. The molecule has 0 saturated heterocycles. The van der Waals surface area contributed by atoms with Gasteiger partial charge in [-0.15, -0.1) is 0 Å². The molecule has 3 aromatic rings. The Bertz CT molecular complexity index is 777. The summed E-state index contributed by atoms with van der Waals surface area (Å²) in [6.45, 7) is 3.15. The molecule has 0 spiro atoms. The molecule has 0 saturated carbocycles. The molecule has 5 nitrogen and oxygen atoms in total. The summed E-state index contributed by atoms with van der Waals surface area (Å²) in [4.78, 5) is 14.4. The highest BCUT2D eigenvalue weighted by Crippen LogP contribution is 2.20. The molecule has 0 aliphatic heterocycles. The minimum Gasteiger partial charge on any atom is -0.468 e. The smallest absolute Gasteiger partial charge is 0.238 e. The fourth-order valence-electron chi connectivity index (χ4n) is 2.54. The molecule has 1 amide bonds. The largest absolute Gasteiger partial charge is 0.468 e. The second kappa shape index (κ2) is 8.05. The fourth-order valence-corrected chi connectivity index (χ4v) is 2.71. The second-order valence-corrected chi connectivity index (χ2v) is 6.25. The van der Waals surface area contributed by atoms with E-state index in [9.17, 15) is 4.79 Å². The number of benzene rings is 1. The van der Waals surface area contributed by atoms with Crippen LogP contribution in [0.2, 0.25) is 5.02 Å². The number of rotatable bonds is 7. The summed E-state index contributed by atoms with van der Waals surface area (Å²) in [5, 5.41) is 3.50. The van der Waals surface area contributed by atoms with E-state index in [4.69, 9.17) is 20.4 Å². The molecular formula is C19H19ClN2O3. The Kier molecular flexibility index (Phi) is 5.58. The van der Waals surface area contributed by atoms with Gasteiger partial charge in [-0.05, 0) is 48.9 Å². The van der Waals surface area contributed by atoms with Crippen LogP contribution < -0.4 is 5.32 Å². The lowest BCUT2D eigenvalue weighted by atomic mass is 10.2. The molecule has 0 aliphatic rings. The summed E-state index contributed by atoms with van der Waals surface area (Å²) in [5.41, 5.74) is 1.68. The zero-order valence-corrected chi connectivity index (χ0v) is 14.6. The number of nitrogens with zero attached hydrogens (tertiary/aromatic N) is 1. The normalized spacial score (nSPS) is 11.0. The first-order valence-corrected chi connectivity index (χ1v) is 8.31. The number of furan rings is 2. The van der Waals surface area contributed by atoms with Crippen LogP contribution in [0.3, 0.4) is 0 Å². The van der Waals surface area contributed by atoms with Crippen LogP contribution >= 0.6 is 11.6 Å². The summed E-state index contributed by atoms with van der Waals surface area (Å²) >= 11 is 6.01. The average Bonchev–Trinajstić information content (AvgIpc) is 3.25. The number of anilines is 1. The number of hydrogen-bond acceptors (Lipinski definition) is 4. The van der Waals surface area contributed by atoms with Gasteiger partial charge in [0.15, 0.2) is 0 Å². The van der Waals surface area contributed by atoms with E-state index in [-0.39, 0.29) is 12.5 Å². The van der Waals surface area contributed by atoms with Gasteiger partial charge in [0.2, 0.25) is 5.91 Å². The molecule has 0 fully saturated rings. The van der Waals surface area contributed by atoms with Gasteiger partial charge in [0.25, 0.3) is 0 Å². The molecular weight excluding hydrogens is 340 g/mol. The number of carbonyl (C=O) groups is 1. The zero-order chi connectivity index (χ0) is 17.6. The fraction of sp³-hybridized carbons (Fsp3) is 0.211. The van der Waals surface area contributed by atoms with Crippen LogP contribution in [0, 0.1) is 6.92 Å². The van der Waals surface area contributed by atoms with Crippen LogP contribution in [0.15, 0.2) is 63.8 Å². The minimum absolute atomic E-state index is 0.122. The maximum atomic E-state index is 12.5. The highest BCUT2D eigenvalue weighted by molar-refractivity contribution is 6.31. The number of aryl methyl sites for hydroxylation is 1. The first-order chi connectivity index (χ1) is 12.1. The van der Waals surface area contributed by atoms with Crippen molar-refractivity contribution in [3.63, 3.8) is 0 Å². The molecule has 0 atom stereocenters. The molecule has 2 heterocycles. The Morgan fingerprint density at radius 1 is 1.08 bits per heavy atom. The van der Waals surface area contributed by atoms with Crippen molar-refractivity contribution in [3.05, 3.63) is 77.1 Å². The summed E-state index contributed by atoms with van der Waals surface area (Å²) in [5.74, 6) is 1.46. The topological polar surface area (TPSA) is 58.6 Å². The van der Waals surface area contributed by atoms with Gasteiger partial charge in [-0.3, -0.25) is 9.69 Å². The van der Waals surface area contributed by atoms with Gasteiger partial charge in [-0.25, -0.2) is 0 Å². The average molecular weight is 359 g/mol. The first kappa shape index (κ1) is 17.3. The zero-order valence-electron chi connectivity index (χ0n) is 13.9. The maximum absolute atomic E-state index is 12.5. The van der Waals surface area contributed by atoms with E-state index in [0.29, 0.717) is 23.8 Å². The van der Waals surface area contributed by atoms with Crippen molar-refractivity contribution in [1.29, 1.82) is 0 Å².